The van der Waals surface area contributed by atoms with Crippen LogP contribution in [0.4, 0.5) is 20.2 Å². The zero-order chi connectivity index (χ0) is 24.3. The van der Waals surface area contributed by atoms with Gasteiger partial charge in [-0.15, -0.1) is 0 Å². The molecule has 0 saturated heterocycles. The Morgan fingerprint density at radius 3 is 2.59 bits per heavy atom. The van der Waals surface area contributed by atoms with Crippen molar-refractivity contribution in [3.05, 3.63) is 69.6 Å². The zero-order valence-electron chi connectivity index (χ0n) is 18.3. The highest BCUT2D eigenvalue weighted by atomic mass is 19.1. The standard InChI is InChI=1S/C24H25F2N3O5/c25-14-3-5-15(6-4-14)33-10-9-29-21-17-12-28-11-16(23(31)32)22(30)18(20(27)19(21)26)24(13-34-17)7-1-2-8-24/h3-6,11-12,28-29H,1-2,7-10,13,27H2,(H,31,32). The summed E-state index contributed by atoms with van der Waals surface area (Å²) < 4.78 is 40.3. The van der Waals surface area contributed by atoms with Gasteiger partial charge < -0.3 is 30.6 Å². The maximum Gasteiger partial charge on any atom is 0.341 e. The number of fused-ring (bicyclic) bond motifs is 7. The van der Waals surface area contributed by atoms with Crippen LogP contribution in [0.15, 0.2) is 41.5 Å². The third-order valence-electron chi connectivity index (χ3n) is 6.20. The number of aromatic carboxylic acids is 1. The summed E-state index contributed by atoms with van der Waals surface area (Å²) in [5.74, 6) is -2.20. The summed E-state index contributed by atoms with van der Waals surface area (Å²) in [6, 6.07) is 5.48. The van der Waals surface area contributed by atoms with E-state index >= 15 is 4.39 Å². The molecule has 3 aliphatic rings. The molecule has 1 aliphatic carbocycles. The van der Waals surface area contributed by atoms with Crippen molar-refractivity contribution < 1.29 is 28.2 Å². The van der Waals surface area contributed by atoms with Crippen molar-refractivity contribution in [2.45, 2.75) is 31.1 Å². The second kappa shape index (κ2) is 9.58. The lowest BCUT2D eigenvalue weighted by molar-refractivity contribution is 0.0694. The van der Waals surface area contributed by atoms with Crippen LogP contribution in [0.3, 0.4) is 0 Å². The molecule has 0 unspecified atom stereocenters. The lowest BCUT2D eigenvalue weighted by Gasteiger charge is -2.32. The summed E-state index contributed by atoms with van der Waals surface area (Å²) in [6.07, 6.45) is 4.97. The maximum atomic E-state index is 15.7. The maximum absolute atomic E-state index is 15.7. The van der Waals surface area contributed by atoms with E-state index in [2.05, 4.69) is 10.3 Å². The zero-order valence-corrected chi connectivity index (χ0v) is 18.3. The fourth-order valence-corrected chi connectivity index (χ4v) is 4.52. The largest absolute Gasteiger partial charge is 0.492 e. The number of rotatable bonds is 6. The van der Waals surface area contributed by atoms with E-state index in [0.29, 0.717) is 18.6 Å². The Morgan fingerprint density at radius 2 is 1.91 bits per heavy atom. The lowest BCUT2D eigenvalue weighted by Crippen LogP contribution is -2.38. The van der Waals surface area contributed by atoms with Crippen molar-refractivity contribution in [3.63, 3.8) is 0 Å². The number of carboxylic acid groups (broad SMARTS) is 1. The molecule has 8 nitrogen and oxygen atoms in total. The molecule has 1 aromatic carbocycles. The third-order valence-corrected chi connectivity index (χ3v) is 6.20. The topological polar surface area (TPSA) is 127 Å². The summed E-state index contributed by atoms with van der Waals surface area (Å²) in [5, 5.41) is 12.5. The molecule has 3 heterocycles. The molecular formula is C24H25F2N3O5. The smallest absolute Gasteiger partial charge is 0.341 e. The van der Waals surface area contributed by atoms with E-state index < -0.39 is 33.9 Å². The monoisotopic (exact) mass is 473 g/mol. The molecule has 2 aliphatic heterocycles. The van der Waals surface area contributed by atoms with Crippen molar-refractivity contribution in [1.82, 2.24) is 4.98 Å². The van der Waals surface area contributed by atoms with Crippen LogP contribution in [-0.4, -0.2) is 35.8 Å². The quantitative estimate of drug-likeness (QED) is 0.471. The number of carbonyl (C=O) groups is 1. The highest BCUT2D eigenvalue weighted by molar-refractivity contribution is 5.87. The van der Waals surface area contributed by atoms with Crippen LogP contribution < -0.4 is 26.0 Å². The van der Waals surface area contributed by atoms with E-state index in [9.17, 15) is 19.1 Å². The number of benzene rings is 1. The number of nitrogens with two attached hydrogens (primary N) is 1. The fraction of sp³-hybridized carbons (Fsp3) is 0.333. The van der Waals surface area contributed by atoms with Crippen LogP contribution >= 0.6 is 0 Å². The minimum Gasteiger partial charge on any atom is -0.492 e. The van der Waals surface area contributed by atoms with Crippen LogP contribution in [0, 0.1) is 11.6 Å². The Balaban J connectivity index is 1.76. The normalized spacial score (nSPS) is 15.4. The second-order valence-electron chi connectivity index (χ2n) is 8.35. The van der Waals surface area contributed by atoms with Crippen LogP contribution in [0.1, 0.15) is 41.6 Å². The van der Waals surface area contributed by atoms with Crippen molar-refractivity contribution in [3.8, 4) is 11.5 Å². The number of aromatic nitrogens is 1. The van der Waals surface area contributed by atoms with Gasteiger partial charge in [0.15, 0.2) is 11.6 Å². The van der Waals surface area contributed by atoms with Crippen molar-refractivity contribution in [2.75, 3.05) is 30.8 Å². The predicted octanol–water partition coefficient (Wildman–Crippen LogP) is 3.75. The number of H-pyrrole nitrogens is 1. The van der Waals surface area contributed by atoms with Gasteiger partial charge in [0, 0.05) is 29.9 Å². The van der Waals surface area contributed by atoms with E-state index in [0.717, 1.165) is 19.0 Å². The minimum atomic E-state index is -1.44. The van der Waals surface area contributed by atoms with E-state index in [1.54, 1.807) is 0 Å². The summed E-state index contributed by atoms with van der Waals surface area (Å²) >= 11 is 0. The van der Waals surface area contributed by atoms with Gasteiger partial charge in [-0.25, -0.2) is 13.6 Å². The van der Waals surface area contributed by atoms with Crippen molar-refractivity contribution >= 4 is 17.3 Å². The van der Waals surface area contributed by atoms with Gasteiger partial charge in [0.2, 0.25) is 5.43 Å². The molecule has 0 amide bonds. The Hall–Kier alpha value is -3.82. The molecule has 0 radical (unpaired) electrons. The van der Waals surface area contributed by atoms with Gasteiger partial charge >= 0.3 is 5.97 Å². The Labute approximate surface area is 194 Å². The van der Waals surface area contributed by atoms with Gasteiger partial charge in [-0.05, 0) is 37.1 Å². The second-order valence-corrected chi connectivity index (χ2v) is 8.35. The van der Waals surface area contributed by atoms with Gasteiger partial charge in [0.1, 0.15) is 29.4 Å². The van der Waals surface area contributed by atoms with Gasteiger partial charge in [-0.2, -0.15) is 0 Å². The summed E-state index contributed by atoms with van der Waals surface area (Å²) in [4.78, 5) is 27.7. The lowest BCUT2D eigenvalue weighted by atomic mass is 9.78. The SMILES string of the molecule is Nc1c(F)c(NCCOc2ccc(F)cc2)c2c[nH]cc(C(=O)O)c(=O)c1C1(CCCC1)CO2. The van der Waals surface area contributed by atoms with Crippen LogP contribution in [0.2, 0.25) is 0 Å². The number of hydrogen-bond acceptors (Lipinski definition) is 6. The van der Waals surface area contributed by atoms with Crippen molar-refractivity contribution in [1.29, 1.82) is 0 Å². The minimum absolute atomic E-state index is 0.0553. The third kappa shape index (κ3) is 4.48. The van der Waals surface area contributed by atoms with E-state index in [1.165, 1.54) is 30.5 Å². The number of hydrogen-bond donors (Lipinski definition) is 4. The first-order valence-electron chi connectivity index (χ1n) is 10.9. The predicted molar refractivity (Wildman–Crippen MR) is 122 cm³/mol. The first kappa shape index (κ1) is 23.3. The summed E-state index contributed by atoms with van der Waals surface area (Å²) in [5.41, 5.74) is 3.44. The van der Waals surface area contributed by atoms with Gasteiger partial charge in [0.05, 0.1) is 12.3 Å². The molecule has 1 fully saturated rings. The average Bonchev–Trinajstić information content (AvgIpc) is 3.28. The molecule has 2 aromatic rings. The molecule has 2 bridgehead atoms. The van der Waals surface area contributed by atoms with E-state index in [-0.39, 0.29) is 42.6 Å². The molecule has 10 heteroatoms. The summed E-state index contributed by atoms with van der Waals surface area (Å²) in [7, 11) is 0. The molecular weight excluding hydrogens is 448 g/mol. The number of nitrogens with one attached hydrogen (secondary N) is 2. The Bertz CT molecular complexity index is 1210. The number of aromatic amines is 1. The Kier molecular flexibility index (Phi) is 6.58. The van der Waals surface area contributed by atoms with Gasteiger partial charge in [0.25, 0.3) is 0 Å². The molecule has 1 aromatic heterocycles. The number of halogens is 2. The number of nitrogen functional groups attached to an aromatic ring is 1. The fourth-order valence-electron chi connectivity index (χ4n) is 4.52. The molecule has 180 valence electrons. The number of anilines is 2. The first-order valence-corrected chi connectivity index (χ1v) is 10.9. The molecule has 5 N–H and O–H groups in total. The molecule has 34 heavy (non-hydrogen) atoms. The molecule has 1 saturated carbocycles. The first-order chi connectivity index (χ1) is 16.3. The van der Waals surface area contributed by atoms with E-state index in [4.69, 9.17) is 15.2 Å². The van der Waals surface area contributed by atoms with Crippen LogP contribution in [-0.2, 0) is 5.41 Å². The average molecular weight is 473 g/mol. The van der Waals surface area contributed by atoms with Crippen LogP contribution in [0.25, 0.3) is 0 Å². The Morgan fingerprint density at radius 1 is 1.21 bits per heavy atom. The van der Waals surface area contributed by atoms with E-state index in [1.807, 2.05) is 0 Å². The number of carboxylic acids is 1. The summed E-state index contributed by atoms with van der Waals surface area (Å²) in [6.45, 7) is 0.310. The molecule has 0 atom stereocenters. The molecule has 1 spiro atoms. The van der Waals surface area contributed by atoms with Gasteiger partial charge in [-0.3, -0.25) is 4.79 Å². The highest BCUT2D eigenvalue weighted by Gasteiger charge is 2.42. The van der Waals surface area contributed by atoms with Gasteiger partial charge in [-0.1, -0.05) is 12.8 Å². The number of ether oxygens (including phenoxy) is 2. The molecule has 5 rings (SSSR count). The van der Waals surface area contributed by atoms with Crippen LogP contribution in [0.5, 0.6) is 11.5 Å². The highest BCUT2D eigenvalue weighted by Crippen LogP contribution is 2.45. The van der Waals surface area contributed by atoms with Crippen molar-refractivity contribution in [2.24, 2.45) is 0 Å².